The van der Waals surface area contributed by atoms with Gasteiger partial charge in [-0.2, -0.15) is 17.3 Å². The molecule has 0 aliphatic heterocycles. The summed E-state index contributed by atoms with van der Waals surface area (Å²) < 4.78 is 1.41. The second-order valence-electron chi connectivity index (χ2n) is 4.54. The van der Waals surface area contributed by atoms with E-state index in [1.165, 1.54) is 64.6 Å². The maximum absolute atomic E-state index is 4.65. The Morgan fingerprint density at radius 1 is 0.682 bits per heavy atom. The molecule has 0 aliphatic rings. The van der Waals surface area contributed by atoms with Crippen LogP contribution in [0.4, 0.5) is 0 Å². The van der Waals surface area contributed by atoms with Gasteiger partial charge in [-0.15, -0.1) is 0 Å². The molecule has 0 N–H and O–H groups in total. The van der Waals surface area contributed by atoms with Crippen molar-refractivity contribution in [3.8, 4) is 0 Å². The molecule has 126 valence electrons. The summed E-state index contributed by atoms with van der Waals surface area (Å²) in [5.41, 5.74) is 0. The van der Waals surface area contributed by atoms with Gasteiger partial charge in [-0.25, -0.2) is 0 Å². The molecule has 1 rings (SSSR count). The molecule has 4 heteroatoms. The third-order valence-electron chi connectivity index (χ3n) is 2.27. The Hall–Kier alpha value is 1.07. The zero-order chi connectivity index (χ0) is 17.5. The van der Waals surface area contributed by atoms with Gasteiger partial charge in [0.05, 0.1) is 0 Å². The molecule has 0 fully saturated rings. The van der Waals surface area contributed by atoms with Crippen LogP contribution in [0.1, 0.15) is 59.3 Å². The van der Waals surface area contributed by atoms with Crippen LogP contribution in [0.2, 0.25) is 0 Å². The summed E-state index contributed by atoms with van der Waals surface area (Å²) in [5.74, 6) is 2.78. The van der Waals surface area contributed by atoms with E-state index < -0.39 is 0 Å². The van der Waals surface area contributed by atoms with Gasteiger partial charge in [0, 0.05) is 0 Å². The van der Waals surface area contributed by atoms with Crippen molar-refractivity contribution in [2.75, 3.05) is 17.3 Å². The molecule has 1 aromatic carbocycles. The molecular weight excluding hydrogens is 431 g/mol. The molecule has 0 aromatic heterocycles. The molecule has 0 nitrogen and oxygen atoms in total. The number of benzene rings is 1. The van der Waals surface area contributed by atoms with Gasteiger partial charge in [-0.05, 0) is 0 Å². The predicted octanol–water partition coefficient (Wildman–Crippen LogP) is 4.48. The Labute approximate surface area is 170 Å². The zero-order valence-electron chi connectivity index (χ0n) is 14.5. The van der Waals surface area contributed by atoms with E-state index >= 15 is 0 Å². The fraction of sp³-hybridized carbons (Fsp3) is 0.667. The molecule has 0 saturated heterocycles. The summed E-state index contributed by atoms with van der Waals surface area (Å²) in [4.78, 5) is 0. The Balaban J connectivity index is -0.000000223. The normalized spacial score (nSPS) is 8.55. The van der Waals surface area contributed by atoms with Gasteiger partial charge >= 0.3 is 56.4 Å². The minimum atomic E-state index is 0.927. The summed E-state index contributed by atoms with van der Waals surface area (Å²) in [6, 6.07) is 10.4. The first-order valence-electron chi connectivity index (χ1n) is 8.15. The van der Waals surface area contributed by atoms with Crippen molar-refractivity contribution in [1.82, 2.24) is 0 Å². The fourth-order valence-electron chi connectivity index (χ4n) is 0.871. The monoisotopic (exact) mass is 464 g/mol. The third-order valence-corrected chi connectivity index (χ3v) is 4.08. The van der Waals surface area contributed by atoms with E-state index in [1.54, 1.807) is 0 Å². The molecule has 1 aromatic rings. The van der Waals surface area contributed by atoms with E-state index in [9.17, 15) is 0 Å². The van der Waals surface area contributed by atoms with Gasteiger partial charge in [0.15, 0.2) is 0 Å². The predicted molar refractivity (Wildman–Crippen MR) is 113 cm³/mol. The first-order valence-corrected chi connectivity index (χ1v) is 11.3. The van der Waals surface area contributed by atoms with E-state index in [2.05, 4.69) is 82.9 Å². The van der Waals surface area contributed by atoms with Crippen LogP contribution in [0.5, 0.6) is 0 Å². The van der Waals surface area contributed by atoms with Crippen LogP contribution < -0.4 is 3.58 Å². The summed E-state index contributed by atoms with van der Waals surface area (Å²) >= 11 is 15.4. The van der Waals surface area contributed by atoms with Crippen molar-refractivity contribution in [3.63, 3.8) is 0 Å². The second kappa shape index (κ2) is 30.0. The molecule has 0 spiro atoms. The van der Waals surface area contributed by atoms with Gasteiger partial charge in [-0.1, -0.05) is 59.3 Å². The molecular formula is C18H32S3Sn. The van der Waals surface area contributed by atoms with Crippen molar-refractivity contribution in [1.29, 1.82) is 0 Å². The van der Waals surface area contributed by atoms with Crippen molar-refractivity contribution < 1.29 is 0 Å². The zero-order valence-corrected chi connectivity index (χ0v) is 19.8. The number of rotatable bonds is 6. The van der Waals surface area contributed by atoms with E-state index in [4.69, 9.17) is 0 Å². The van der Waals surface area contributed by atoms with Crippen LogP contribution in [-0.4, -0.2) is 39.8 Å². The Kier molecular flexibility index (Phi) is 38.0. The molecule has 0 radical (unpaired) electrons. The van der Waals surface area contributed by atoms with Gasteiger partial charge in [0.2, 0.25) is 0 Å². The van der Waals surface area contributed by atoms with Crippen molar-refractivity contribution in [2.45, 2.75) is 59.3 Å². The first-order chi connectivity index (χ1) is 10.6. The molecule has 22 heavy (non-hydrogen) atoms. The minimum absolute atomic E-state index is 0.927. The van der Waals surface area contributed by atoms with E-state index in [0.717, 1.165) is 17.3 Å². The van der Waals surface area contributed by atoms with Crippen LogP contribution in [0.3, 0.4) is 0 Å². The van der Waals surface area contributed by atoms with Crippen LogP contribution in [0.25, 0.3) is 0 Å². The molecule has 0 saturated carbocycles. The average molecular weight is 463 g/mol. The molecule has 0 amide bonds. The molecule has 0 bridgehead atoms. The average Bonchev–Trinajstić information content (AvgIpc) is 2.52. The van der Waals surface area contributed by atoms with Crippen molar-refractivity contribution >= 4 is 64.0 Å². The Morgan fingerprint density at radius 3 is 1.09 bits per heavy atom. The van der Waals surface area contributed by atoms with Crippen LogP contribution in [0.15, 0.2) is 30.3 Å². The Morgan fingerprint density at radius 2 is 1.00 bits per heavy atom. The van der Waals surface area contributed by atoms with Crippen LogP contribution in [-0.2, 0) is 37.9 Å². The van der Waals surface area contributed by atoms with Crippen LogP contribution in [0, 0.1) is 0 Å². The number of hydrogen-bond acceptors (Lipinski definition) is 3. The van der Waals surface area contributed by atoms with Gasteiger partial charge < -0.3 is 37.9 Å². The summed E-state index contributed by atoms with van der Waals surface area (Å²) in [7, 11) is 0. The van der Waals surface area contributed by atoms with Gasteiger partial charge in [0.25, 0.3) is 0 Å². The number of hydrogen-bond donors (Lipinski definition) is 0. The van der Waals surface area contributed by atoms with Crippen molar-refractivity contribution in [2.24, 2.45) is 0 Å². The summed E-state index contributed by atoms with van der Waals surface area (Å²) in [6.07, 6.45) is 7.33. The van der Waals surface area contributed by atoms with Crippen LogP contribution >= 0.6 is 0 Å². The van der Waals surface area contributed by atoms with E-state index in [1.807, 2.05) is 6.07 Å². The fourth-order valence-corrected chi connectivity index (χ4v) is 2.29. The van der Waals surface area contributed by atoms with Crippen molar-refractivity contribution in [3.05, 3.63) is 30.3 Å². The summed E-state index contributed by atoms with van der Waals surface area (Å²) in [6.45, 7) is 6.44. The third kappa shape index (κ3) is 37.4. The molecule has 0 atom stereocenters. The first kappa shape index (κ1) is 27.9. The maximum atomic E-state index is 4.65. The molecule has 0 aliphatic carbocycles. The standard InChI is InChI=1S/C6H5.3C4H10S.Sn/c1-2-4-6-5-3-1;3*1-2-3-4-5;/h1-5H;3*5H,2-4H2,1H3;/q;;;;+3/p-3. The van der Waals surface area contributed by atoms with Gasteiger partial charge in [0.1, 0.15) is 0 Å². The van der Waals surface area contributed by atoms with Gasteiger partial charge in [-0.3, -0.25) is 0 Å². The van der Waals surface area contributed by atoms with E-state index in [0.29, 0.717) is 0 Å². The SMILES string of the molecule is CCCC[S-].CCCC[S-].CCCC[S-].[Sn+3][c]1ccccc1. The quantitative estimate of drug-likeness (QED) is 0.451. The number of unbranched alkanes of at least 4 members (excludes halogenated alkanes) is 3. The molecule has 0 unspecified atom stereocenters. The second-order valence-corrected chi connectivity index (χ2v) is 7.41. The Bertz CT molecular complexity index is 236. The summed E-state index contributed by atoms with van der Waals surface area (Å²) in [5, 5.41) is 0. The molecule has 0 heterocycles. The van der Waals surface area contributed by atoms with E-state index in [-0.39, 0.29) is 0 Å². The topological polar surface area (TPSA) is 0 Å².